The molecule has 10 nitrogen and oxygen atoms in total. The number of imidazole rings is 1. The fourth-order valence-corrected chi connectivity index (χ4v) is 2.95. The third-order valence-electron chi connectivity index (χ3n) is 4.40. The van der Waals surface area contributed by atoms with E-state index in [9.17, 15) is 14.4 Å². The van der Waals surface area contributed by atoms with Crippen molar-refractivity contribution in [3.63, 3.8) is 0 Å². The Kier molecular flexibility index (Phi) is 6.74. The summed E-state index contributed by atoms with van der Waals surface area (Å²) in [6, 6.07) is 13.6. The Balaban J connectivity index is 1.71. The van der Waals surface area contributed by atoms with Crippen molar-refractivity contribution >= 4 is 35.1 Å². The van der Waals surface area contributed by atoms with Crippen molar-refractivity contribution in [3.05, 3.63) is 65.6 Å². The molecule has 0 aliphatic carbocycles. The van der Waals surface area contributed by atoms with Gasteiger partial charge in [0.2, 0.25) is 0 Å². The summed E-state index contributed by atoms with van der Waals surface area (Å²) >= 11 is 0. The Morgan fingerprint density at radius 2 is 1.81 bits per heavy atom. The van der Waals surface area contributed by atoms with E-state index in [1.54, 1.807) is 30.3 Å². The number of carbonyl (C=O) groups excluding carboxylic acids is 3. The van der Waals surface area contributed by atoms with Crippen molar-refractivity contribution in [2.24, 2.45) is 5.73 Å². The zero-order chi connectivity index (χ0) is 23.3. The van der Waals surface area contributed by atoms with Gasteiger partial charge in [0.15, 0.2) is 5.69 Å². The first-order chi connectivity index (χ1) is 15.2. The van der Waals surface area contributed by atoms with Crippen molar-refractivity contribution in [1.82, 2.24) is 9.97 Å². The highest BCUT2D eigenvalue weighted by molar-refractivity contribution is 6.04. The lowest BCUT2D eigenvalue weighted by molar-refractivity contribution is -0.131. The number of aromatic amines is 1. The van der Waals surface area contributed by atoms with Crippen LogP contribution in [0.5, 0.6) is 5.75 Å². The van der Waals surface area contributed by atoms with Gasteiger partial charge in [0.05, 0.1) is 0 Å². The van der Waals surface area contributed by atoms with Gasteiger partial charge in [0.25, 0.3) is 5.91 Å². The molecule has 0 unspecified atom stereocenters. The lowest BCUT2D eigenvalue weighted by Gasteiger charge is -2.14. The zero-order valence-corrected chi connectivity index (χ0v) is 17.9. The molecule has 5 N–H and O–H groups in total. The van der Waals surface area contributed by atoms with E-state index in [0.717, 1.165) is 11.3 Å². The fraction of sp³-hybridized carbons (Fsp3) is 0.182. The highest BCUT2D eigenvalue weighted by Crippen LogP contribution is 2.20. The molecular formula is C22H24N6O4. The van der Waals surface area contributed by atoms with E-state index in [0.29, 0.717) is 23.7 Å². The number of nitrogens with two attached hydrogens (primary N) is 1. The number of hydrogen-bond acceptors (Lipinski definition) is 6. The van der Waals surface area contributed by atoms with Crippen LogP contribution in [-0.4, -0.2) is 42.0 Å². The number of ether oxygens (including phenoxy) is 1. The van der Waals surface area contributed by atoms with Crippen LogP contribution in [0.25, 0.3) is 0 Å². The second-order valence-electron chi connectivity index (χ2n) is 7.21. The molecule has 0 aliphatic heterocycles. The lowest BCUT2D eigenvalue weighted by Crippen LogP contribution is -2.22. The number of aromatic nitrogens is 2. The summed E-state index contributed by atoms with van der Waals surface area (Å²) in [5.74, 6) is -0.218. The number of rotatable bonds is 7. The van der Waals surface area contributed by atoms with Crippen molar-refractivity contribution < 1.29 is 19.1 Å². The van der Waals surface area contributed by atoms with E-state index in [1.807, 2.05) is 37.2 Å². The molecule has 0 spiro atoms. The first kappa shape index (κ1) is 22.3. The highest BCUT2D eigenvalue weighted by Gasteiger charge is 2.18. The van der Waals surface area contributed by atoms with Gasteiger partial charge >= 0.3 is 12.0 Å². The van der Waals surface area contributed by atoms with Gasteiger partial charge in [-0.15, -0.1) is 0 Å². The second kappa shape index (κ2) is 9.65. The number of benzene rings is 2. The largest absolute Gasteiger partial charge is 0.427 e. The average molecular weight is 436 g/mol. The van der Waals surface area contributed by atoms with Crippen LogP contribution in [0.3, 0.4) is 0 Å². The minimum absolute atomic E-state index is 0.0753. The zero-order valence-electron chi connectivity index (χ0n) is 17.9. The highest BCUT2D eigenvalue weighted by atomic mass is 16.5. The lowest BCUT2D eigenvalue weighted by atomic mass is 10.1. The Morgan fingerprint density at radius 3 is 2.44 bits per heavy atom. The van der Waals surface area contributed by atoms with Crippen LogP contribution in [0.1, 0.15) is 28.8 Å². The summed E-state index contributed by atoms with van der Waals surface area (Å²) in [7, 11) is 3.79. The van der Waals surface area contributed by atoms with Crippen LogP contribution in [0.2, 0.25) is 0 Å². The summed E-state index contributed by atoms with van der Waals surface area (Å²) in [5.41, 5.74) is 7.70. The van der Waals surface area contributed by atoms with Gasteiger partial charge in [0.1, 0.15) is 17.4 Å². The Morgan fingerprint density at radius 1 is 1.09 bits per heavy atom. The number of nitrogens with zero attached hydrogens (tertiary/aromatic N) is 2. The molecule has 0 aliphatic rings. The maximum atomic E-state index is 12.5. The molecule has 0 radical (unpaired) electrons. The van der Waals surface area contributed by atoms with E-state index in [2.05, 4.69) is 20.6 Å². The number of nitrogens with one attached hydrogen (secondary N) is 3. The van der Waals surface area contributed by atoms with Crippen molar-refractivity contribution in [3.8, 4) is 5.75 Å². The molecule has 1 heterocycles. The maximum absolute atomic E-state index is 12.5. The molecule has 0 bridgehead atoms. The minimum Gasteiger partial charge on any atom is -0.427 e. The van der Waals surface area contributed by atoms with Gasteiger partial charge < -0.3 is 25.7 Å². The molecule has 3 amide bonds. The van der Waals surface area contributed by atoms with Crippen molar-refractivity contribution in [2.75, 3.05) is 29.6 Å². The van der Waals surface area contributed by atoms with Gasteiger partial charge in [-0.25, -0.2) is 9.78 Å². The molecule has 3 aromatic rings. The van der Waals surface area contributed by atoms with Crippen LogP contribution >= 0.6 is 0 Å². The average Bonchev–Trinajstić information content (AvgIpc) is 3.11. The normalized spacial score (nSPS) is 10.3. The third kappa shape index (κ3) is 5.85. The number of primary amides is 1. The third-order valence-corrected chi connectivity index (χ3v) is 4.40. The molecule has 0 atom stereocenters. The molecule has 3 rings (SSSR count). The van der Waals surface area contributed by atoms with Gasteiger partial charge in [-0.05, 0) is 35.9 Å². The molecule has 166 valence electrons. The van der Waals surface area contributed by atoms with Crippen LogP contribution in [0.4, 0.5) is 22.0 Å². The molecular weight excluding hydrogens is 412 g/mol. The van der Waals surface area contributed by atoms with E-state index in [1.165, 1.54) is 6.92 Å². The van der Waals surface area contributed by atoms with E-state index >= 15 is 0 Å². The Labute approximate surface area is 184 Å². The van der Waals surface area contributed by atoms with Gasteiger partial charge in [0, 0.05) is 38.8 Å². The number of carbonyl (C=O) groups is 3. The van der Waals surface area contributed by atoms with Gasteiger partial charge in [-0.2, -0.15) is 0 Å². The SMILES string of the molecule is CC(=O)Oc1ccc(Cc2nc(C(N)=O)c(NC(=O)Nc3cccc(N(C)C)c3)[nH]2)cc1. The van der Waals surface area contributed by atoms with Crippen LogP contribution in [0.15, 0.2) is 48.5 Å². The number of amides is 3. The van der Waals surface area contributed by atoms with Crippen LogP contribution in [0, 0.1) is 0 Å². The first-order valence-electron chi connectivity index (χ1n) is 9.72. The minimum atomic E-state index is -0.775. The molecule has 0 fully saturated rings. The summed E-state index contributed by atoms with van der Waals surface area (Å²) in [5, 5.41) is 5.30. The summed E-state index contributed by atoms with van der Waals surface area (Å²) in [6.07, 6.45) is 0.342. The number of anilines is 3. The Hall–Kier alpha value is -4.34. The standard InChI is InChI=1S/C22H24N6O4/c1-13(29)32-17-9-7-14(8-10-17)11-18-25-19(20(23)30)21(26-18)27-22(31)24-15-5-4-6-16(12-15)28(2)3/h4-10,12H,11H2,1-3H3,(H2,23,30)(H,25,26)(H2,24,27,31). The molecule has 2 aromatic carbocycles. The number of urea groups is 1. The first-order valence-corrected chi connectivity index (χ1v) is 9.72. The van der Waals surface area contributed by atoms with Gasteiger partial charge in [-0.1, -0.05) is 18.2 Å². The van der Waals surface area contributed by atoms with Gasteiger partial charge in [-0.3, -0.25) is 14.9 Å². The summed E-state index contributed by atoms with van der Waals surface area (Å²) in [4.78, 5) is 44.3. The van der Waals surface area contributed by atoms with E-state index in [-0.39, 0.29) is 11.5 Å². The van der Waals surface area contributed by atoms with Crippen molar-refractivity contribution in [2.45, 2.75) is 13.3 Å². The van der Waals surface area contributed by atoms with Crippen LogP contribution < -0.4 is 26.0 Å². The molecule has 1 aromatic heterocycles. The fourth-order valence-electron chi connectivity index (χ4n) is 2.95. The van der Waals surface area contributed by atoms with Crippen molar-refractivity contribution in [1.29, 1.82) is 0 Å². The topological polar surface area (TPSA) is 142 Å². The molecule has 10 heteroatoms. The maximum Gasteiger partial charge on any atom is 0.324 e. The molecule has 0 saturated carbocycles. The number of hydrogen-bond donors (Lipinski definition) is 4. The second-order valence-corrected chi connectivity index (χ2v) is 7.21. The summed E-state index contributed by atoms with van der Waals surface area (Å²) < 4.78 is 5.01. The predicted molar refractivity (Wildman–Crippen MR) is 121 cm³/mol. The smallest absolute Gasteiger partial charge is 0.324 e. The number of esters is 1. The predicted octanol–water partition coefficient (Wildman–Crippen LogP) is 2.73. The monoisotopic (exact) mass is 436 g/mol. The molecule has 32 heavy (non-hydrogen) atoms. The quantitative estimate of drug-likeness (QED) is 0.331. The van der Waals surface area contributed by atoms with E-state index < -0.39 is 17.9 Å². The van der Waals surface area contributed by atoms with E-state index in [4.69, 9.17) is 10.5 Å². The van der Waals surface area contributed by atoms with Crippen LogP contribution in [-0.2, 0) is 11.2 Å². The molecule has 0 saturated heterocycles. The Bertz CT molecular complexity index is 1140. The summed E-state index contributed by atoms with van der Waals surface area (Å²) in [6.45, 7) is 1.33. The number of H-pyrrole nitrogens is 1.